The summed E-state index contributed by atoms with van der Waals surface area (Å²) in [5.74, 6) is 0.489. The van der Waals surface area contributed by atoms with E-state index in [1.807, 2.05) is 0 Å². The third-order valence-electron chi connectivity index (χ3n) is 5.02. The quantitative estimate of drug-likeness (QED) is 0.850. The second kappa shape index (κ2) is 7.63. The molecule has 1 aromatic rings. The molecule has 0 radical (unpaired) electrons. The molecule has 0 unspecified atom stereocenters. The van der Waals surface area contributed by atoms with Gasteiger partial charge >= 0.3 is 6.03 Å². The number of hydrogen-bond acceptors (Lipinski definition) is 4. The van der Waals surface area contributed by atoms with Crippen LogP contribution in [-0.2, 0) is 4.79 Å². The van der Waals surface area contributed by atoms with Crippen molar-refractivity contribution in [3.63, 3.8) is 0 Å². The van der Waals surface area contributed by atoms with Crippen LogP contribution in [0.5, 0.6) is 5.75 Å². The van der Waals surface area contributed by atoms with Crippen LogP contribution >= 0.6 is 0 Å². The molecule has 2 fully saturated rings. The Hall–Kier alpha value is -2.77. The fourth-order valence-electron chi connectivity index (χ4n) is 3.57. The zero-order chi connectivity index (χ0) is 18.7. The lowest BCUT2D eigenvalue weighted by atomic mass is 10.1. The van der Waals surface area contributed by atoms with Gasteiger partial charge < -0.3 is 25.2 Å². The molecular weight excluding hydrogens is 336 g/mol. The van der Waals surface area contributed by atoms with Gasteiger partial charge in [-0.25, -0.2) is 4.79 Å². The number of likely N-dealkylation sites (tertiary alicyclic amines) is 1. The maximum Gasteiger partial charge on any atom is 0.315 e. The molecule has 8 nitrogen and oxygen atoms in total. The Labute approximate surface area is 152 Å². The van der Waals surface area contributed by atoms with Crippen molar-refractivity contribution in [2.45, 2.75) is 18.9 Å². The van der Waals surface area contributed by atoms with E-state index >= 15 is 0 Å². The number of piperazine rings is 1. The second-order valence-corrected chi connectivity index (χ2v) is 6.54. The minimum atomic E-state index is -0.548. The largest absolute Gasteiger partial charge is 0.497 e. The first-order chi connectivity index (χ1) is 12.5. The van der Waals surface area contributed by atoms with Gasteiger partial charge in [0.15, 0.2) is 0 Å². The number of nitrogens with two attached hydrogens (primary N) is 1. The Balaban J connectivity index is 1.59. The molecule has 2 heterocycles. The number of carbonyl (C=O) groups is 3. The Bertz CT molecular complexity index is 700. The van der Waals surface area contributed by atoms with Gasteiger partial charge in [-0.1, -0.05) is 6.07 Å². The van der Waals surface area contributed by atoms with E-state index in [9.17, 15) is 14.4 Å². The minimum absolute atomic E-state index is 0.0735. The molecule has 26 heavy (non-hydrogen) atoms. The Kier molecular flexibility index (Phi) is 5.29. The molecule has 140 valence electrons. The first-order valence-corrected chi connectivity index (χ1v) is 8.79. The number of primary amides is 1. The first-order valence-electron chi connectivity index (χ1n) is 8.79. The monoisotopic (exact) mass is 360 g/mol. The van der Waals surface area contributed by atoms with E-state index in [4.69, 9.17) is 10.5 Å². The van der Waals surface area contributed by atoms with Crippen LogP contribution in [-0.4, -0.2) is 78.4 Å². The number of ether oxygens (including phenoxy) is 1. The average molecular weight is 360 g/mol. The number of amides is 4. The summed E-state index contributed by atoms with van der Waals surface area (Å²) in [5.41, 5.74) is 5.93. The second-order valence-electron chi connectivity index (χ2n) is 6.54. The van der Waals surface area contributed by atoms with E-state index < -0.39 is 12.1 Å². The highest BCUT2D eigenvalue weighted by atomic mass is 16.5. The van der Waals surface area contributed by atoms with Crippen molar-refractivity contribution >= 4 is 17.8 Å². The highest BCUT2D eigenvalue weighted by Crippen LogP contribution is 2.20. The molecular formula is C18H24N4O4. The molecule has 1 atom stereocenters. The smallest absolute Gasteiger partial charge is 0.315 e. The van der Waals surface area contributed by atoms with E-state index in [0.717, 1.165) is 6.42 Å². The topological polar surface area (TPSA) is 96.2 Å². The lowest BCUT2D eigenvalue weighted by Gasteiger charge is -2.37. The van der Waals surface area contributed by atoms with Crippen molar-refractivity contribution in [3.05, 3.63) is 29.8 Å². The van der Waals surface area contributed by atoms with Gasteiger partial charge in [0.25, 0.3) is 5.91 Å². The number of urea groups is 1. The number of hydrogen-bond donors (Lipinski definition) is 1. The van der Waals surface area contributed by atoms with E-state index in [1.165, 1.54) is 4.90 Å². The highest BCUT2D eigenvalue weighted by Gasteiger charge is 2.37. The van der Waals surface area contributed by atoms with Gasteiger partial charge in [0, 0.05) is 38.3 Å². The van der Waals surface area contributed by atoms with E-state index in [2.05, 4.69) is 0 Å². The molecule has 2 saturated heterocycles. The molecule has 0 aliphatic carbocycles. The summed E-state index contributed by atoms with van der Waals surface area (Å²) in [6, 6.07) is 6.03. The third kappa shape index (κ3) is 3.58. The number of benzene rings is 1. The Morgan fingerprint density at radius 1 is 1.08 bits per heavy atom. The zero-order valence-electron chi connectivity index (χ0n) is 14.9. The highest BCUT2D eigenvalue weighted by molar-refractivity contribution is 5.95. The molecule has 3 rings (SSSR count). The summed E-state index contributed by atoms with van der Waals surface area (Å²) < 4.78 is 5.16. The van der Waals surface area contributed by atoms with Crippen molar-refractivity contribution in [1.29, 1.82) is 0 Å². The molecule has 2 aliphatic rings. The predicted octanol–water partition coefficient (Wildman–Crippen LogP) is 0.523. The van der Waals surface area contributed by atoms with Crippen molar-refractivity contribution in [2.75, 3.05) is 39.8 Å². The fraction of sp³-hybridized carbons (Fsp3) is 0.500. The van der Waals surface area contributed by atoms with Gasteiger partial charge in [-0.15, -0.1) is 0 Å². The Morgan fingerprint density at radius 2 is 1.77 bits per heavy atom. The molecule has 0 saturated carbocycles. The summed E-state index contributed by atoms with van der Waals surface area (Å²) >= 11 is 0. The SMILES string of the molecule is COc1cccc(C(=O)N2CCN(C(=O)[C@@H]3CCCN3C(N)=O)CC2)c1. The van der Waals surface area contributed by atoms with Crippen molar-refractivity contribution in [2.24, 2.45) is 5.73 Å². The van der Waals surface area contributed by atoms with Gasteiger partial charge in [0.05, 0.1) is 7.11 Å². The van der Waals surface area contributed by atoms with Crippen LogP contribution < -0.4 is 10.5 Å². The maximum atomic E-state index is 12.7. The molecule has 2 aliphatic heterocycles. The van der Waals surface area contributed by atoms with Crippen LogP contribution in [0, 0.1) is 0 Å². The lowest BCUT2D eigenvalue weighted by Crippen LogP contribution is -2.55. The standard InChI is InChI=1S/C18H24N4O4/c1-26-14-5-2-4-13(12-14)16(23)20-8-10-21(11-9-20)17(24)15-6-3-7-22(15)18(19)25/h2,4-5,12,15H,3,6-11H2,1H3,(H2,19,25)/t15-/m0/s1. The van der Waals surface area contributed by atoms with E-state index in [-0.39, 0.29) is 11.8 Å². The molecule has 0 aromatic heterocycles. The maximum absolute atomic E-state index is 12.7. The summed E-state index contributed by atoms with van der Waals surface area (Å²) in [6.45, 7) is 2.37. The number of methoxy groups -OCH3 is 1. The van der Waals surface area contributed by atoms with E-state index in [1.54, 1.807) is 41.2 Å². The van der Waals surface area contributed by atoms with Gasteiger partial charge in [0.1, 0.15) is 11.8 Å². The third-order valence-corrected chi connectivity index (χ3v) is 5.02. The van der Waals surface area contributed by atoms with Gasteiger partial charge in [-0.05, 0) is 31.0 Å². The number of carbonyl (C=O) groups excluding carboxylic acids is 3. The van der Waals surface area contributed by atoms with Crippen LogP contribution in [0.4, 0.5) is 4.79 Å². The van der Waals surface area contributed by atoms with Crippen molar-refractivity contribution < 1.29 is 19.1 Å². The first kappa shape index (κ1) is 18.0. The van der Waals surface area contributed by atoms with Crippen LogP contribution in [0.3, 0.4) is 0 Å². The van der Waals surface area contributed by atoms with Crippen LogP contribution in [0.1, 0.15) is 23.2 Å². The molecule has 0 bridgehead atoms. The summed E-state index contributed by atoms with van der Waals surface area (Å²) in [5, 5.41) is 0. The van der Waals surface area contributed by atoms with Crippen LogP contribution in [0.2, 0.25) is 0 Å². The fourth-order valence-corrected chi connectivity index (χ4v) is 3.57. The van der Waals surface area contributed by atoms with E-state index in [0.29, 0.717) is 50.5 Å². The number of nitrogens with zero attached hydrogens (tertiary/aromatic N) is 3. The minimum Gasteiger partial charge on any atom is -0.497 e. The lowest BCUT2D eigenvalue weighted by molar-refractivity contribution is -0.136. The molecule has 8 heteroatoms. The molecule has 0 spiro atoms. The van der Waals surface area contributed by atoms with Gasteiger partial charge in [0.2, 0.25) is 5.91 Å². The van der Waals surface area contributed by atoms with Crippen molar-refractivity contribution in [3.8, 4) is 5.75 Å². The zero-order valence-corrected chi connectivity index (χ0v) is 14.9. The molecule has 1 aromatic carbocycles. The van der Waals surface area contributed by atoms with Gasteiger partial charge in [-0.3, -0.25) is 9.59 Å². The average Bonchev–Trinajstić information content (AvgIpc) is 3.17. The summed E-state index contributed by atoms with van der Waals surface area (Å²) in [7, 11) is 1.56. The predicted molar refractivity (Wildman–Crippen MR) is 94.8 cm³/mol. The summed E-state index contributed by atoms with van der Waals surface area (Å²) in [6.07, 6.45) is 1.43. The molecule has 4 amide bonds. The Morgan fingerprint density at radius 3 is 2.42 bits per heavy atom. The van der Waals surface area contributed by atoms with Crippen LogP contribution in [0.25, 0.3) is 0 Å². The number of rotatable bonds is 3. The van der Waals surface area contributed by atoms with Gasteiger partial charge in [-0.2, -0.15) is 0 Å². The van der Waals surface area contributed by atoms with Crippen LogP contribution in [0.15, 0.2) is 24.3 Å². The summed E-state index contributed by atoms with van der Waals surface area (Å²) in [4.78, 5) is 41.7. The molecule has 2 N–H and O–H groups in total. The van der Waals surface area contributed by atoms with Crippen molar-refractivity contribution in [1.82, 2.24) is 14.7 Å². The normalized spacial score (nSPS) is 20.2.